The number of carbonyl (C=O) groups is 2. The summed E-state index contributed by atoms with van der Waals surface area (Å²) in [6, 6.07) is 0. The average molecular weight is 214 g/mol. The van der Waals surface area contributed by atoms with Gasteiger partial charge in [-0.25, -0.2) is 0 Å². The lowest BCUT2D eigenvalue weighted by atomic mass is 9.97. The molecule has 0 aromatic rings. The first-order chi connectivity index (χ1) is 7.19. The van der Waals surface area contributed by atoms with Gasteiger partial charge in [0.2, 0.25) is 0 Å². The molecule has 0 aromatic carbocycles. The highest BCUT2D eigenvalue weighted by Crippen LogP contribution is 2.27. The van der Waals surface area contributed by atoms with Crippen LogP contribution in [0.15, 0.2) is 0 Å². The first kappa shape index (κ1) is 12.0. The maximum Gasteiger partial charge on any atom is 0.313 e. The topological polar surface area (TPSA) is 52.6 Å². The van der Waals surface area contributed by atoms with Crippen molar-refractivity contribution >= 4 is 11.9 Å². The largest absolute Gasteiger partial charge is 0.469 e. The normalized spacial score (nSPS) is 25.1. The highest BCUT2D eigenvalue weighted by atomic mass is 16.6. The molecule has 0 aliphatic carbocycles. The highest BCUT2D eigenvalue weighted by molar-refractivity contribution is 5.83. The van der Waals surface area contributed by atoms with E-state index in [0.29, 0.717) is 0 Å². The quantitative estimate of drug-likeness (QED) is 0.516. The number of hydrogen-bond acceptors (Lipinski definition) is 4. The van der Waals surface area contributed by atoms with Gasteiger partial charge in [0.25, 0.3) is 0 Å². The van der Waals surface area contributed by atoms with Crippen LogP contribution in [0.5, 0.6) is 0 Å². The van der Waals surface area contributed by atoms with Crippen molar-refractivity contribution in [1.29, 1.82) is 0 Å². The van der Waals surface area contributed by atoms with Gasteiger partial charge >= 0.3 is 11.9 Å². The van der Waals surface area contributed by atoms with Crippen LogP contribution in [0, 0.1) is 5.92 Å². The molecular weight excluding hydrogens is 196 g/mol. The number of ether oxygens (including phenoxy) is 2. The van der Waals surface area contributed by atoms with Crippen LogP contribution in [0.4, 0.5) is 0 Å². The first-order valence-electron chi connectivity index (χ1n) is 5.46. The van der Waals surface area contributed by atoms with Crippen molar-refractivity contribution in [3.8, 4) is 0 Å². The minimum absolute atomic E-state index is 0.170. The summed E-state index contributed by atoms with van der Waals surface area (Å²) in [6.07, 6.45) is 3.87. The van der Waals surface area contributed by atoms with E-state index in [9.17, 15) is 9.59 Å². The van der Waals surface area contributed by atoms with Crippen LogP contribution in [0.2, 0.25) is 0 Å². The van der Waals surface area contributed by atoms with Crippen LogP contribution in [-0.2, 0) is 19.1 Å². The van der Waals surface area contributed by atoms with E-state index in [2.05, 4.69) is 11.7 Å². The molecule has 0 unspecified atom stereocenters. The molecule has 0 spiro atoms. The second-order valence-electron chi connectivity index (χ2n) is 3.86. The minimum Gasteiger partial charge on any atom is -0.469 e. The standard InChI is InChI=1S/C11H18O4/c1-3-4-5-6-9-8(11(13)14-2)7-10(12)15-9/h8-9H,3-7H2,1-2H3/t8-,9-/m1/s1. The molecule has 0 bridgehead atoms. The van der Waals surface area contributed by atoms with Crippen molar-refractivity contribution in [2.45, 2.75) is 45.1 Å². The van der Waals surface area contributed by atoms with E-state index in [1.54, 1.807) is 0 Å². The summed E-state index contributed by atoms with van der Waals surface area (Å²) in [7, 11) is 1.34. The molecule has 4 heteroatoms. The van der Waals surface area contributed by atoms with Crippen molar-refractivity contribution in [2.75, 3.05) is 7.11 Å². The molecule has 2 atom stereocenters. The predicted octanol–water partition coefficient (Wildman–Crippen LogP) is 1.67. The minimum atomic E-state index is -0.389. The molecule has 0 saturated carbocycles. The maximum absolute atomic E-state index is 11.3. The third kappa shape index (κ3) is 3.22. The summed E-state index contributed by atoms with van der Waals surface area (Å²) in [5.74, 6) is -1.01. The van der Waals surface area contributed by atoms with Gasteiger partial charge in [0.15, 0.2) is 0 Å². The number of esters is 2. The van der Waals surface area contributed by atoms with Crippen molar-refractivity contribution in [2.24, 2.45) is 5.92 Å². The fourth-order valence-corrected chi connectivity index (χ4v) is 1.85. The van der Waals surface area contributed by atoms with Gasteiger partial charge in [0.05, 0.1) is 13.5 Å². The zero-order chi connectivity index (χ0) is 11.3. The molecular formula is C11H18O4. The van der Waals surface area contributed by atoms with Crippen molar-refractivity contribution in [1.82, 2.24) is 0 Å². The van der Waals surface area contributed by atoms with Gasteiger partial charge in [0, 0.05) is 0 Å². The van der Waals surface area contributed by atoms with E-state index in [1.807, 2.05) is 0 Å². The first-order valence-corrected chi connectivity index (χ1v) is 5.46. The molecule has 0 amide bonds. The van der Waals surface area contributed by atoms with E-state index in [-0.39, 0.29) is 30.4 Å². The summed E-state index contributed by atoms with van der Waals surface area (Å²) in [6.45, 7) is 2.11. The van der Waals surface area contributed by atoms with Crippen LogP contribution in [0.1, 0.15) is 39.0 Å². The van der Waals surface area contributed by atoms with Gasteiger partial charge in [-0.15, -0.1) is 0 Å². The Balaban J connectivity index is 2.45. The summed E-state index contributed by atoms with van der Waals surface area (Å²) < 4.78 is 9.75. The SMILES string of the molecule is CCCCC[C@H]1OC(=O)C[C@H]1C(=O)OC. The molecule has 15 heavy (non-hydrogen) atoms. The summed E-state index contributed by atoms with van der Waals surface area (Å²) >= 11 is 0. The van der Waals surface area contributed by atoms with Gasteiger partial charge in [-0.2, -0.15) is 0 Å². The number of hydrogen-bond donors (Lipinski definition) is 0. The Hall–Kier alpha value is -1.06. The van der Waals surface area contributed by atoms with Gasteiger partial charge in [-0.3, -0.25) is 9.59 Å². The fourth-order valence-electron chi connectivity index (χ4n) is 1.85. The third-order valence-electron chi connectivity index (χ3n) is 2.71. The lowest BCUT2D eigenvalue weighted by molar-refractivity contribution is -0.147. The van der Waals surface area contributed by atoms with E-state index >= 15 is 0 Å². The smallest absolute Gasteiger partial charge is 0.313 e. The molecule has 1 aliphatic rings. The number of rotatable bonds is 5. The molecule has 0 aromatic heterocycles. The summed E-state index contributed by atoms with van der Waals surface area (Å²) in [4.78, 5) is 22.4. The second-order valence-corrected chi connectivity index (χ2v) is 3.86. The summed E-state index contributed by atoms with van der Waals surface area (Å²) in [5, 5.41) is 0. The summed E-state index contributed by atoms with van der Waals surface area (Å²) in [5.41, 5.74) is 0. The molecule has 1 rings (SSSR count). The Bertz CT molecular complexity index is 237. The Morgan fingerprint density at radius 2 is 2.27 bits per heavy atom. The van der Waals surface area contributed by atoms with Crippen molar-refractivity contribution < 1.29 is 19.1 Å². The molecule has 4 nitrogen and oxygen atoms in total. The average Bonchev–Trinajstić information content (AvgIpc) is 2.59. The van der Waals surface area contributed by atoms with Crippen LogP contribution in [-0.4, -0.2) is 25.2 Å². The second kappa shape index (κ2) is 5.73. The van der Waals surface area contributed by atoms with Crippen molar-refractivity contribution in [3.05, 3.63) is 0 Å². The van der Waals surface area contributed by atoms with E-state index in [1.165, 1.54) is 7.11 Å². The van der Waals surface area contributed by atoms with Gasteiger partial charge in [-0.1, -0.05) is 19.8 Å². The van der Waals surface area contributed by atoms with E-state index in [0.717, 1.165) is 25.7 Å². The number of methoxy groups -OCH3 is 1. The highest BCUT2D eigenvalue weighted by Gasteiger charge is 2.39. The molecule has 1 heterocycles. The zero-order valence-corrected chi connectivity index (χ0v) is 9.32. The molecule has 0 radical (unpaired) electrons. The molecule has 1 aliphatic heterocycles. The predicted molar refractivity (Wildman–Crippen MR) is 54.1 cm³/mol. The fraction of sp³-hybridized carbons (Fsp3) is 0.818. The van der Waals surface area contributed by atoms with Gasteiger partial charge in [-0.05, 0) is 12.8 Å². The monoisotopic (exact) mass is 214 g/mol. The Morgan fingerprint density at radius 3 is 2.87 bits per heavy atom. The third-order valence-corrected chi connectivity index (χ3v) is 2.71. The van der Waals surface area contributed by atoms with Crippen LogP contribution >= 0.6 is 0 Å². The molecule has 1 saturated heterocycles. The lowest BCUT2D eigenvalue weighted by Crippen LogP contribution is -2.25. The van der Waals surface area contributed by atoms with Gasteiger partial charge < -0.3 is 9.47 Å². The van der Waals surface area contributed by atoms with E-state index in [4.69, 9.17) is 4.74 Å². The zero-order valence-electron chi connectivity index (χ0n) is 9.32. The number of carbonyl (C=O) groups excluding carboxylic acids is 2. The van der Waals surface area contributed by atoms with E-state index < -0.39 is 0 Å². The molecule has 86 valence electrons. The Morgan fingerprint density at radius 1 is 1.53 bits per heavy atom. The van der Waals surface area contributed by atoms with Crippen LogP contribution < -0.4 is 0 Å². The van der Waals surface area contributed by atoms with Gasteiger partial charge in [0.1, 0.15) is 12.0 Å². The Labute approximate surface area is 89.9 Å². The maximum atomic E-state index is 11.3. The molecule has 0 N–H and O–H groups in total. The number of cyclic esters (lactones) is 1. The Kier molecular flexibility index (Phi) is 4.59. The molecule has 1 fully saturated rings. The van der Waals surface area contributed by atoms with Crippen molar-refractivity contribution in [3.63, 3.8) is 0 Å². The lowest BCUT2D eigenvalue weighted by Gasteiger charge is -2.14. The van der Waals surface area contributed by atoms with Crippen LogP contribution in [0.25, 0.3) is 0 Å². The number of unbranched alkanes of at least 4 members (excludes halogenated alkanes) is 2. The van der Waals surface area contributed by atoms with Crippen LogP contribution in [0.3, 0.4) is 0 Å².